The van der Waals surface area contributed by atoms with Crippen molar-refractivity contribution < 1.29 is 22.7 Å². The van der Waals surface area contributed by atoms with Crippen LogP contribution in [0.5, 0.6) is 5.75 Å². The topological polar surface area (TPSA) is 79.9 Å². The van der Waals surface area contributed by atoms with Crippen molar-refractivity contribution in [1.29, 1.82) is 0 Å². The van der Waals surface area contributed by atoms with Crippen molar-refractivity contribution in [1.82, 2.24) is 20.3 Å². The van der Waals surface area contributed by atoms with E-state index in [1.807, 2.05) is 6.07 Å². The number of carbonyl (C=O) groups is 1. The molecule has 2 N–H and O–H groups in total. The molecule has 0 radical (unpaired) electrons. The van der Waals surface area contributed by atoms with E-state index in [4.69, 9.17) is 0 Å². The maximum absolute atomic E-state index is 12.3. The van der Waals surface area contributed by atoms with Crippen LogP contribution in [-0.4, -0.2) is 33.6 Å². The second kappa shape index (κ2) is 7.65. The van der Waals surface area contributed by atoms with Gasteiger partial charge in [0, 0.05) is 17.8 Å². The molecule has 3 heterocycles. The van der Waals surface area contributed by atoms with Crippen molar-refractivity contribution >= 4 is 16.8 Å². The Kier molecular flexibility index (Phi) is 5.29. The van der Waals surface area contributed by atoms with Crippen molar-refractivity contribution in [3.63, 3.8) is 0 Å². The Balaban J connectivity index is 1.58. The van der Waals surface area contributed by atoms with Crippen LogP contribution in [0.3, 0.4) is 0 Å². The van der Waals surface area contributed by atoms with Crippen LogP contribution in [0.2, 0.25) is 0 Å². The Labute approximate surface area is 152 Å². The van der Waals surface area contributed by atoms with Crippen LogP contribution in [0.1, 0.15) is 24.2 Å². The maximum Gasteiger partial charge on any atom is 0.422 e. The molecule has 27 heavy (non-hydrogen) atoms. The first-order chi connectivity index (χ1) is 12.8. The predicted molar refractivity (Wildman–Crippen MR) is 92.1 cm³/mol. The van der Waals surface area contributed by atoms with E-state index < -0.39 is 18.8 Å². The molecule has 6 nitrogen and oxygen atoms in total. The number of hydrogen-bond donors (Lipinski definition) is 2. The van der Waals surface area contributed by atoms with Crippen LogP contribution in [-0.2, 0) is 11.2 Å². The molecule has 1 atom stereocenters. The summed E-state index contributed by atoms with van der Waals surface area (Å²) in [5.41, 5.74) is 2.22. The van der Waals surface area contributed by atoms with E-state index in [-0.39, 0.29) is 18.1 Å². The summed E-state index contributed by atoms with van der Waals surface area (Å²) in [6.45, 7) is 0.371. The lowest BCUT2D eigenvalue weighted by Gasteiger charge is -2.14. The Hall–Kier alpha value is -3.10. The zero-order valence-electron chi connectivity index (χ0n) is 14.4. The summed E-state index contributed by atoms with van der Waals surface area (Å²) in [7, 11) is 0. The number of aromatic amines is 1. The third kappa shape index (κ3) is 4.96. The monoisotopic (exact) mass is 378 g/mol. The van der Waals surface area contributed by atoms with Crippen molar-refractivity contribution in [2.75, 3.05) is 6.61 Å². The van der Waals surface area contributed by atoms with Crippen LogP contribution in [0.15, 0.2) is 43.0 Å². The van der Waals surface area contributed by atoms with Gasteiger partial charge in [0.25, 0.3) is 0 Å². The number of carbonyl (C=O) groups excluding carboxylic acids is 1. The molecule has 0 spiro atoms. The molecule has 142 valence electrons. The van der Waals surface area contributed by atoms with Gasteiger partial charge in [-0.1, -0.05) is 0 Å². The minimum Gasteiger partial charge on any atom is -0.483 e. The van der Waals surface area contributed by atoms with E-state index in [9.17, 15) is 18.0 Å². The van der Waals surface area contributed by atoms with E-state index in [2.05, 4.69) is 25.0 Å². The molecule has 3 aromatic rings. The van der Waals surface area contributed by atoms with Gasteiger partial charge in [-0.25, -0.2) is 0 Å². The molecule has 0 aliphatic rings. The second-order valence-corrected chi connectivity index (χ2v) is 6.02. The number of aromatic nitrogens is 3. The molecule has 0 saturated heterocycles. The molecule has 1 amide bonds. The van der Waals surface area contributed by atoms with Crippen LogP contribution in [0.4, 0.5) is 13.2 Å². The number of hydrogen-bond acceptors (Lipinski definition) is 4. The number of amides is 1. The molecule has 0 aromatic carbocycles. The van der Waals surface area contributed by atoms with Gasteiger partial charge in [0.1, 0.15) is 5.75 Å². The smallest absolute Gasteiger partial charge is 0.422 e. The summed E-state index contributed by atoms with van der Waals surface area (Å²) in [4.78, 5) is 23.4. The zero-order valence-corrected chi connectivity index (χ0v) is 14.4. The Morgan fingerprint density at radius 2 is 2.11 bits per heavy atom. The number of alkyl halides is 3. The Morgan fingerprint density at radius 3 is 2.81 bits per heavy atom. The van der Waals surface area contributed by atoms with Gasteiger partial charge in [-0.05, 0) is 30.7 Å². The number of rotatable bonds is 6. The van der Waals surface area contributed by atoms with E-state index in [1.165, 1.54) is 18.3 Å². The molecule has 3 rings (SSSR count). The molecule has 0 aliphatic heterocycles. The van der Waals surface area contributed by atoms with Gasteiger partial charge in [-0.15, -0.1) is 0 Å². The quantitative estimate of drug-likeness (QED) is 0.690. The van der Waals surface area contributed by atoms with Gasteiger partial charge in [0.15, 0.2) is 6.61 Å². The lowest BCUT2D eigenvalue weighted by Crippen LogP contribution is -2.28. The van der Waals surface area contributed by atoms with Gasteiger partial charge in [0.2, 0.25) is 5.91 Å². The molecule has 0 unspecified atom stereocenters. The van der Waals surface area contributed by atoms with Crippen molar-refractivity contribution in [2.45, 2.75) is 25.6 Å². The molecular weight excluding hydrogens is 361 g/mol. The molecule has 9 heteroatoms. The highest BCUT2D eigenvalue weighted by Crippen LogP contribution is 2.20. The van der Waals surface area contributed by atoms with Crippen molar-refractivity contribution in [3.8, 4) is 5.75 Å². The lowest BCUT2D eigenvalue weighted by molar-refractivity contribution is -0.153. The maximum atomic E-state index is 12.3. The fourth-order valence-electron chi connectivity index (χ4n) is 2.62. The first kappa shape index (κ1) is 18.7. The number of pyridine rings is 2. The summed E-state index contributed by atoms with van der Waals surface area (Å²) in [6.07, 6.45) is 2.09. The SMILES string of the molecule is C[C@@H](NC(=O)Cc1c[nH]c2cnccc12)c1ccc(OCC(F)(F)F)cn1. The summed E-state index contributed by atoms with van der Waals surface area (Å²) in [6, 6.07) is 4.34. The van der Waals surface area contributed by atoms with Gasteiger partial charge in [-0.3, -0.25) is 14.8 Å². The Morgan fingerprint density at radius 1 is 1.30 bits per heavy atom. The van der Waals surface area contributed by atoms with E-state index in [0.29, 0.717) is 5.69 Å². The standard InChI is InChI=1S/C18H17F3N4O2/c1-11(15-3-2-13(8-24-15)27-10-18(19,20)21)25-17(26)6-12-7-23-16-9-22-5-4-14(12)16/h2-5,7-9,11,23H,6,10H2,1H3,(H,25,26)/t11-/m1/s1. The van der Waals surface area contributed by atoms with E-state index in [0.717, 1.165) is 16.5 Å². The van der Waals surface area contributed by atoms with E-state index >= 15 is 0 Å². The van der Waals surface area contributed by atoms with Crippen molar-refractivity contribution in [3.05, 3.63) is 54.2 Å². The summed E-state index contributed by atoms with van der Waals surface area (Å²) < 4.78 is 41.1. The average Bonchev–Trinajstić information content (AvgIpc) is 3.03. The van der Waals surface area contributed by atoms with E-state index in [1.54, 1.807) is 25.5 Å². The van der Waals surface area contributed by atoms with Gasteiger partial charge < -0.3 is 15.0 Å². The number of nitrogens with zero attached hydrogens (tertiary/aromatic N) is 2. The number of ether oxygens (including phenoxy) is 1. The normalized spacial score (nSPS) is 12.7. The average molecular weight is 378 g/mol. The number of halogens is 3. The molecule has 0 fully saturated rings. The molecular formula is C18H17F3N4O2. The molecule has 3 aromatic heterocycles. The van der Waals surface area contributed by atoms with Crippen LogP contribution >= 0.6 is 0 Å². The fraction of sp³-hybridized carbons (Fsp3) is 0.278. The van der Waals surface area contributed by atoms with Gasteiger partial charge in [-0.2, -0.15) is 13.2 Å². The summed E-state index contributed by atoms with van der Waals surface area (Å²) in [5.74, 6) is -0.179. The highest BCUT2D eigenvalue weighted by Gasteiger charge is 2.28. The largest absolute Gasteiger partial charge is 0.483 e. The third-order valence-corrected chi connectivity index (χ3v) is 3.90. The van der Waals surface area contributed by atoms with Gasteiger partial charge >= 0.3 is 6.18 Å². The molecule has 0 bridgehead atoms. The second-order valence-electron chi connectivity index (χ2n) is 6.02. The number of fused-ring (bicyclic) bond motifs is 1. The third-order valence-electron chi connectivity index (χ3n) is 3.90. The molecule has 0 saturated carbocycles. The minimum absolute atomic E-state index is 0.0157. The fourth-order valence-corrected chi connectivity index (χ4v) is 2.62. The minimum atomic E-state index is -4.40. The number of H-pyrrole nitrogens is 1. The highest BCUT2D eigenvalue weighted by molar-refractivity contribution is 5.88. The Bertz CT molecular complexity index is 922. The predicted octanol–water partition coefficient (Wildman–Crippen LogP) is 3.32. The highest BCUT2D eigenvalue weighted by atomic mass is 19.4. The van der Waals surface area contributed by atoms with Gasteiger partial charge in [0.05, 0.1) is 36.1 Å². The first-order valence-corrected chi connectivity index (χ1v) is 8.16. The van der Waals surface area contributed by atoms with Crippen LogP contribution < -0.4 is 10.1 Å². The first-order valence-electron chi connectivity index (χ1n) is 8.16. The zero-order chi connectivity index (χ0) is 19.4. The summed E-state index contributed by atoms with van der Waals surface area (Å²) in [5, 5.41) is 3.75. The number of nitrogens with one attached hydrogen (secondary N) is 2. The summed E-state index contributed by atoms with van der Waals surface area (Å²) >= 11 is 0. The van der Waals surface area contributed by atoms with Crippen molar-refractivity contribution in [2.24, 2.45) is 0 Å². The lowest BCUT2D eigenvalue weighted by atomic mass is 10.1. The van der Waals surface area contributed by atoms with Crippen LogP contribution in [0.25, 0.3) is 10.9 Å². The molecule has 0 aliphatic carbocycles. The van der Waals surface area contributed by atoms with Crippen LogP contribution in [0, 0.1) is 0 Å².